The van der Waals surface area contributed by atoms with Crippen molar-refractivity contribution in [3.05, 3.63) is 52.9 Å². The zero-order valence-electron chi connectivity index (χ0n) is 19.8. The second-order valence-corrected chi connectivity index (χ2v) is 9.46. The summed E-state index contributed by atoms with van der Waals surface area (Å²) in [4.78, 5) is 30.4. The number of nitrogens with zero attached hydrogens (tertiary/aromatic N) is 1. The van der Waals surface area contributed by atoms with Crippen molar-refractivity contribution >= 4 is 28.4 Å². The number of phenolic OH excluding ortho intramolecular Hbond substituents is 4. The normalized spacial score (nSPS) is 15.0. The quantitative estimate of drug-likeness (QED) is 0.207. The van der Waals surface area contributed by atoms with E-state index in [4.69, 9.17) is 4.74 Å². The van der Waals surface area contributed by atoms with Crippen LogP contribution in [0.25, 0.3) is 16.5 Å². The van der Waals surface area contributed by atoms with Crippen LogP contribution in [0.5, 0.6) is 23.0 Å². The van der Waals surface area contributed by atoms with E-state index < -0.39 is 58.0 Å². The van der Waals surface area contributed by atoms with Gasteiger partial charge in [0.15, 0.2) is 23.1 Å². The molecule has 0 fully saturated rings. The number of esters is 1. The molecule has 0 aliphatic carbocycles. The molecule has 0 bridgehead atoms. The van der Waals surface area contributed by atoms with Gasteiger partial charge in [-0.05, 0) is 37.6 Å². The number of fused-ring (bicyclic) bond motifs is 3. The van der Waals surface area contributed by atoms with Crippen LogP contribution in [-0.2, 0) is 14.9 Å². The van der Waals surface area contributed by atoms with Gasteiger partial charge in [-0.25, -0.2) is 13.6 Å². The minimum atomic E-state index is -1.22. The lowest BCUT2D eigenvalue weighted by atomic mass is 9.81. The summed E-state index contributed by atoms with van der Waals surface area (Å²) in [6.07, 6.45) is 0.637. The SMILES string of the molecule is CC(C)OC(=O)C1=CN(C(=O)c2ccc(F)c(F)c2)CC(C)(C)c2c1[nH]c1c(O)c(O)c(O)c(O)c21. The molecule has 0 unspecified atom stereocenters. The van der Waals surface area contributed by atoms with Gasteiger partial charge in [0.2, 0.25) is 11.5 Å². The Bertz CT molecular complexity index is 1460. The second kappa shape index (κ2) is 8.43. The highest BCUT2D eigenvalue weighted by atomic mass is 19.2. The third-order valence-corrected chi connectivity index (χ3v) is 5.93. The standard InChI is InChI=1S/C25H24F2N2O7/c1-10(2)36-24(35)12-8-29(23(34)11-5-6-13(26)14(27)7-11)9-25(3,4)16-15-18(28-17(12)16)20(31)22(33)21(32)19(15)30/h5-8,10,28,30-33H,9H2,1-4H3. The molecule has 36 heavy (non-hydrogen) atoms. The smallest absolute Gasteiger partial charge is 0.342 e. The van der Waals surface area contributed by atoms with E-state index in [1.807, 2.05) is 0 Å². The molecule has 2 aromatic carbocycles. The zero-order valence-corrected chi connectivity index (χ0v) is 19.8. The molecular weight excluding hydrogens is 478 g/mol. The lowest BCUT2D eigenvalue weighted by Gasteiger charge is -2.30. The number of halogens is 2. The van der Waals surface area contributed by atoms with Crippen molar-refractivity contribution in [3.8, 4) is 23.0 Å². The molecule has 0 atom stereocenters. The Balaban J connectivity index is 2.00. The monoisotopic (exact) mass is 502 g/mol. The van der Waals surface area contributed by atoms with Crippen molar-refractivity contribution in [2.24, 2.45) is 0 Å². The minimum absolute atomic E-state index is 0.0665. The van der Waals surface area contributed by atoms with Gasteiger partial charge < -0.3 is 35.0 Å². The van der Waals surface area contributed by atoms with Crippen LogP contribution in [-0.4, -0.2) is 54.8 Å². The number of aromatic nitrogens is 1. The number of benzene rings is 2. The summed E-state index contributed by atoms with van der Waals surface area (Å²) in [5.41, 5.74) is -1.24. The summed E-state index contributed by atoms with van der Waals surface area (Å²) in [5.74, 6) is -7.36. The largest absolute Gasteiger partial charge is 0.504 e. The molecule has 1 amide bonds. The van der Waals surface area contributed by atoms with Crippen molar-refractivity contribution < 1.29 is 43.5 Å². The van der Waals surface area contributed by atoms with E-state index in [0.717, 1.165) is 23.1 Å². The molecule has 9 nitrogen and oxygen atoms in total. The second-order valence-electron chi connectivity index (χ2n) is 9.46. The molecular formula is C25H24F2N2O7. The summed E-state index contributed by atoms with van der Waals surface area (Å²) < 4.78 is 32.6. The van der Waals surface area contributed by atoms with Gasteiger partial charge in [0.05, 0.1) is 28.3 Å². The Kier molecular flexibility index (Phi) is 5.82. The highest BCUT2D eigenvalue weighted by Gasteiger charge is 2.40. The first-order valence-electron chi connectivity index (χ1n) is 11.0. The number of hydrogen-bond donors (Lipinski definition) is 5. The molecule has 3 aromatic rings. The van der Waals surface area contributed by atoms with Crippen molar-refractivity contribution in [2.75, 3.05) is 6.54 Å². The number of H-pyrrole nitrogens is 1. The number of amides is 1. The van der Waals surface area contributed by atoms with E-state index >= 15 is 0 Å². The minimum Gasteiger partial charge on any atom is -0.504 e. The van der Waals surface area contributed by atoms with Crippen LogP contribution in [0.15, 0.2) is 24.4 Å². The average Bonchev–Trinajstić information content (AvgIpc) is 3.16. The van der Waals surface area contributed by atoms with Crippen molar-refractivity contribution in [1.82, 2.24) is 9.88 Å². The molecule has 1 aliphatic heterocycles. The molecule has 11 heteroatoms. The van der Waals surface area contributed by atoms with Gasteiger partial charge in [0.1, 0.15) is 0 Å². The average molecular weight is 502 g/mol. The van der Waals surface area contributed by atoms with Gasteiger partial charge in [-0.3, -0.25) is 4.79 Å². The predicted molar refractivity (Wildman–Crippen MR) is 125 cm³/mol. The van der Waals surface area contributed by atoms with Crippen LogP contribution in [0.1, 0.15) is 49.3 Å². The van der Waals surface area contributed by atoms with Gasteiger partial charge in [-0.15, -0.1) is 0 Å². The molecule has 0 spiro atoms. The number of phenols is 4. The molecule has 1 aromatic heterocycles. The van der Waals surface area contributed by atoms with Crippen molar-refractivity contribution in [2.45, 2.75) is 39.2 Å². The Morgan fingerprint density at radius 1 is 1.03 bits per heavy atom. The molecule has 0 saturated carbocycles. The number of nitrogens with one attached hydrogen (secondary N) is 1. The van der Waals surface area contributed by atoms with Gasteiger partial charge >= 0.3 is 5.97 Å². The van der Waals surface area contributed by atoms with Crippen LogP contribution < -0.4 is 0 Å². The zero-order chi connectivity index (χ0) is 26.7. The highest BCUT2D eigenvalue weighted by Crippen LogP contribution is 2.53. The summed E-state index contributed by atoms with van der Waals surface area (Å²) in [7, 11) is 0. The van der Waals surface area contributed by atoms with Crippen LogP contribution in [0.3, 0.4) is 0 Å². The first-order chi connectivity index (χ1) is 16.7. The van der Waals surface area contributed by atoms with E-state index in [0.29, 0.717) is 0 Å². The molecule has 0 radical (unpaired) electrons. The van der Waals surface area contributed by atoms with Gasteiger partial charge in [0.25, 0.3) is 5.91 Å². The summed E-state index contributed by atoms with van der Waals surface area (Å²) in [5, 5.41) is 41.2. The molecule has 190 valence electrons. The summed E-state index contributed by atoms with van der Waals surface area (Å²) >= 11 is 0. The highest BCUT2D eigenvalue weighted by molar-refractivity contribution is 6.19. The third-order valence-electron chi connectivity index (χ3n) is 5.93. The molecule has 0 saturated heterocycles. The number of rotatable bonds is 3. The van der Waals surface area contributed by atoms with E-state index in [-0.39, 0.29) is 39.8 Å². The Morgan fingerprint density at radius 2 is 1.67 bits per heavy atom. The van der Waals surface area contributed by atoms with E-state index in [2.05, 4.69) is 4.98 Å². The fraction of sp³-hybridized carbons (Fsp3) is 0.280. The lowest BCUT2D eigenvalue weighted by molar-refractivity contribution is -0.140. The molecule has 2 heterocycles. The predicted octanol–water partition coefficient (Wildman–Crippen LogP) is 3.99. The number of ether oxygens (including phenoxy) is 1. The van der Waals surface area contributed by atoms with E-state index in [1.165, 1.54) is 6.20 Å². The Morgan fingerprint density at radius 3 is 2.28 bits per heavy atom. The summed E-state index contributed by atoms with van der Waals surface area (Å²) in [6.45, 7) is 6.46. The molecule has 1 aliphatic rings. The number of aromatic amines is 1. The van der Waals surface area contributed by atoms with Crippen LogP contribution in [0.4, 0.5) is 8.78 Å². The maximum Gasteiger partial charge on any atom is 0.342 e. The van der Waals surface area contributed by atoms with Gasteiger partial charge in [0, 0.05) is 23.7 Å². The number of carbonyl (C=O) groups is 2. The van der Waals surface area contributed by atoms with Gasteiger partial charge in [-0.2, -0.15) is 0 Å². The first kappa shape index (κ1) is 24.8. The summed E-state index contributed by atoms with van der Waals surface area (Å²) in [6, 6.07) is 2.67. The lowest BCUT2D eigenvalue weighted by Crippen LogP contribution is -2.37. The van der Waals surface area contributed by atoms with Crippen molar-refractivity contribution in [1.29, 1.82) is 0 Å². The van der Waals surface area contributed by atoms with E-state index in [9.17, 15) is 38.8 Å². The molecule has 5 N–H and O–H groups in total. The van der Waals surface area contributed by atoms with E-state index in [1.54, 1.807) is 27.7 Å². The fourth-order valence-corrected chi connectivity index (χ4v) is 4.38. The number of hydrogen-bond acceptors (Lipinski definition) is 7. The topological polar surface area (TPSA) is 143 Å². The first-order valence-corrected chi connectivity index (χ1v) is 11.0. The number of aromatic hydroxyl groups is 4. The van der Waals surface area contributed by atoms with Gasteiger partial charge in [-0.1, -0.05) is 13.8 Å². The Labute approximate surface area is 203 Å². The fourth-order valence-electron chi connectivity index (χ4n) is 4.38. The number of carbonyl (C=O) groups excluding carboxylic acids is 2. The van der Waals surface area contributed by atoms with Crippen LogP contribution in [0, 0.1) is 11.6 Å². The van der Waals surface area contributed by atoms with Crippen molar-refractivity contribution in [3.63, 3.8) is 0 Å². The molecule has 4 rings (SSSR count). The van der Waals surface area contributed by atoms with Crippen LogP contribution >= 0.6 is 0 Å². The maximum absolute atomic E-state index is 13.8. The third kappa shape index (κ3) is 3.86. The van der Waals surface area contributed by atoms with Crippen LogP contribution in [0.2, 0.25) is 0 Å². The Hall–Kier alpha value is -4.28. The maximum atomic E-state index is 13.8.